The van der Waals surface area contributed by atoms with E-state index in [2.05, 4.69) is 33.4 Å². The van der Waals surface area contributed by atoms with E-state index >= 15 is 0 Å². The van der Waals surface area contributed by atoms with E-state index in [4.69, 9.17) is 9.15 Å². The molecule has 0 aliphatic carbocycles. The quantitative estimate of drug-likeness (QED) is 0.579. The maximum absolute atomic E-state index is 5.90. The highest BCUT2D eigenvalue weighted by molar-refractivity contribution is 5.28. The normalized spacial score (nSPS) is 15.9. The lowest BCUT2D eigenvalue weighted by atomic mass is 10.1. The molecule has 0 spiro atoms. The molecule has 1 saturated heterocycles. The third-order valence-electron chi connectivity index (χ3n) is 5.38. The molecular weight excluding hydrogens is 362 g/mol. The van der Waals surface area contributed by atoms with Gasteiger partial charge in [-0.05, 0) is 67.9 Å². The van der Waals surface area contributed by atoms with Gasteiger partial charge in [-0.25, -0.2) is 0 Å². The molecule has 0 saturated carbocycles. The van der Waals surface area contributed by atoms with Crippen molar-refractivity contribution >= 4 is 0 Å². The molecule has 0 amide bonds. The Bertz CT molecular complexity index is 846. The second-order valence-corrected chi connectivity index (χ2v) is 7.52. The van der Waals surface area contributed by atoms with Crippen molar-refractivity contribution in [2.24, 2.45) is 0 Å². The van der Waals surface area contributed by atoms with Crippen LogP contribution in [-0.4, -0.2) is 29.5 Å². The van der Waals surface area contributed by atoms with Crippen LogP contribution in [0.15, 0.2) is 71.5 Å². The van der Waals surface area contributed by atoms with Crippen molar-refractivity contribution in [1.82, 2.24) is 15.2 Å². The van der Waals surface area contributed by atoms with Crippen molar-refractivity contribution < 1.29 is 9.15 Å². The van der Waals surface area contributed by atoms with Gasteiger partial charge in [-0.15, -0.1) is 0 Å². The molecule has 1 aliphatic heterocycles. The number of hydrogen-bond acceptors (Lipinski definition) is 5. The summed E-state index contributed by atoms with van der Waals surface area (Å²) in [6.45, 7) is 4.43. The molecule has 0 bridgehead atoms. The van der Waals surface area contributed by atoms with Crippen LogP contribution in [0.3, 0.4) is 0 Å². The molecule has 1 aliphatic rings. The summed E-state index contributed by atoms with van der Waals surface area (Å²) >= 11 is 0. The first-order valence-corrected chi connectivity index (χ1v) is 10.5. The monoisotopic (exact) mass is 391 g/mol. The van der Waals surface area contributed by atoms with Crippen LogP contribution in [0.2, 0.25) is 0 Å². The number of nitrogens with one attached hydrogen (secondary N) is 1. The summed E-state index contributed by atoms with van der Waals surface area (Å²) in [6, 6.07) is 18.5. The van der Waals surface area contributed by atoms with Gasteiger partial charge in [-0.3, -0.25) is 9.88 Å². The van der Waals surface area contributed by atoms with Crippen molar-refractivity contribution in [3.05, 3.63) is 84.1 Å². The van der Waals surface area contributed by atoms with E-state index in [0.717, 1.165) is 43.4 Å². The highest BCUT2D eigenvalue weighted by Crippen LogP contribution is 2.24. The number of aromatic nitrogens is 1. The number of ether oxygens (including phenoxy) is 1. The van der Waals surface area contributed by atoms with Crippen LogP contribution < -0.4 is 10.1 Å². The number of nitrogens with zero attached hydrogens (tertiary/aromatic N) is 2. The van der Waals surface area contributed by atoms with Gasteiger partial charge in [0.15, 0.2) is 0 Å². The number of hydrogen-bond donors (Lipinski definition) is 1. The second-order valence-electron chi connectivity index (χ2n) is 7.52. The minimum atomic E-state index is 0.286. The van der Waals surface area contributed by atoms with Gasteiger partial charge in [0.25, 0.3) is 0 Å². The molecule has 3 heterocycles. The molecular formula is C24H29N3O2. The molecule has 3 aromatic rings. The molecule has 1 atom stereocenters. The van der Waals surface area contributed by atoms with Crippen molar-refractivity contribution in [2.45, 2.75) is 38.5 Å². The fourth-order valence-electron chi connectivity index (χ4n) is 3.86. The SMILES string of the molecule is c1ccc(COc2cccc(CNCC(c3ccco3)N3CCCCC3)c2)nc1. The fourth-order valence-corrected chi connectivity index (χ4v) is 3.86. The summed E-state index contributed by atoms with van der Waals surface area (Å²) in [7, 11) is 0. The molecule has 1 unspecified atom stereocenters. The van der Waals surface area contributed by atoms with Crippen molar-refractivity contribution in [3.8, 4) is 5.75 Å². The van der Waals surface area contributed by atoms with Gasteiger partial charge < -0.3 is 14.5 Å². The number of furan rings is 1. The van der Waals surface area contributed by atoms with Gasteiger partial charge in [0.2, 0.25) is 0 Å². The average molecular weight is 392 g/mol. The van der Waals surface area contributed by atoms with Gasteiger partial charge in [0, 0.05) is 19.3 Å². The van der Waals surface area contributed by atoms with Gasteiger partial charge in [-0.2, -0.15) is 0 Å². The van der Waals surface area contributed by atoms with E-state index in [1.807, 2.05) is 36.4 Å². The molecule has 1 aromatic carbocycles. The molecule has 5 nitrogen and oxygen atoms in total. The van der Waals surface area contributed by atoms with E-state index < -0.39 is 0 Å². The van der Waals surface area contributed by atoms with Crippen molar-refractivity contribution in [1.29, 1.82) is 0 Å². The Hall–Kier alpha value is -2.63. The van der Waals surface area contributed by atoms with E-state index in [0.29, 0.717) is 6.61 Å². The molecule has 29 heavy (non-hydrogen) atoms. The molecule has 1 fully saturated rings. The largest absolute Gasteiger partial charge is 0.487 e. The minimum Gasteiger partial charge on any atom is -0.487 e. The summed E-state index contributed by atoms with van der Waals surface area (Å²) in [6.07, 6.45) is 7.44. The fraction of sp³-hybridized carbons (Fsp3) is 0.375. The predicted octanol–water partition coefficient (Wildman–Crippen LogP) is 4.57. The first kappa shape index (κ1) is 19.7. The van der Waals surface area contributed by atoms with Crippen LogP contribution in [0.25, 0.3) is 0 Å². The zero-order valence-electron chi connectivity index (χ0n) is 16.8. The molecule has 4 rings (SSSR count). The Morgan fingerprint density at radius 2 is 1.97 bits per heavy atom. The van der Waals surface area contributed by atoms with Crippen molar-refractivity contribution in [2.75, 3.05) is 19.6 Å². The van der Waals surface area contributed by atoms with Crippen LogP contribution in [0.4, 0.5) is 0 Å². The van der Waals surface area contributed by atoms with Crippen LogP contribution in [0, 0.1) is 0 Å². The van der Waals surface area contributed by atoms with Crippen LogP contribution in [0.5, 0.6) is 5.75 Å². The Kier molecular flexibility index (Phi) is 6.94. The van der Waals surface area contributed by atoms with Crippen LogP contribution in [-0.2, 0) is 13.2 Å². The molecule has 1 N–H and O–H groups in total. The maximum Gasteiger partial charge on any atom is 0.130 e. The number of piperidine rings is 1. The van der Waals surface area contributed by atoms with Gasteiger partial charge in [-0.1, -0.05) is 24.6 Å². The summed E-state index contributed by atoms with van der Waals surface area (Å²) in [5.74, 6) is 1.92. The van der Waals surface area contributed by atoms with Crippen molar-refractivity contribution in [3.63, 3.8) is 0 Å². The maximum atomic E-state index is 5.90. The van der Waals surface area contributed by atoms with Gasteiger partial charge in [0.1, 0.15) is 18.1 Å². The first-order valence-electron chi connectivity index (χ1n) is 10.5. The molecule has 2 aromatic heterocycles. The number of likely N-dealkylation sites (tertiary alicyclic amines) is 1. The summed E-state index contributed by atoms with van der Waals surface area (Å²) in [5, 5.41) is 3.62. The zero-order chi connectivity index (χ0) is 19.7. The van der Waals surface area contributed by atoms with E-state index in [9.17, 15) is 0 Å². The molecule has 5 heteroatoms. The predicted molar refractivity (Wildman–Crippen MR) is 114 cm³/mol. The average Bonchev–Trinajstić information content (AvgIpc) is 3.31. The van der Waals surface area contributed by atoms with E-state index in [-0.39, 0.29) is 6.04 Å². The van der Waals surface area contributed by atoms with Gasteiger partial charge >= 0.3 is 0 Å². The lowest BCUT2D eigenvalue weighted by Gasteiger charge is -2.33. The minimum absolute atomic E-state index is 0.286. The van der Waals surface area contributed by atoms with Crippen LogP contribution >= 0.6 is 0 Å². The zero-order valence-corrected chi connectivity index (χ0v) is 16.8. The lowest BCUT2D eigenvalue weighted by molar-refractivity contribution is 0.142. The number of pyridine rings is 1. The Labute approximate surface area is 172 Å². The summed E-state index contributed by atoms with van der Waals surface area (Å²) in [4.78, 5) is 6.85. The lowest BCUT2D eigenvalue weighted by Crippen LogP contribution is -2.38. The third-order valence-corrected chi connectivity index (χ3v) is 5.38. The second kappa shape index (κ2) is 10.2. The molecule has 152 valence electrons. The standard InChI is InChI=1S/C24H29N3O2/c1-4-13-27(14-5-1)23(24-11-7-15-28-24)18-25-17-20-8-6-10-22(16-20)29-19-21-9-2-3-12-26-21/h2-3,6-12,15-16,23,25H,1,4-5,13-14,17-19H2. The first-order chi connectivity index (χ1) is 14.4. The number of benzene rings is 1. The Morgan fingerprint density at radius 3 is 2.76 bits per heavy atom. The molecule has 0 radical (unpaired) electrons. The highest BCUT2D eigenvalue weighted by Gasteiger charge is 2.23. The van der Waals surface area contributed by atoms with Crippen LogP contribution in [0.1, 0.15) is 42.3 Å². The summed E-state index contributed by atoms with van der Waals surface area (Å²) in [5.41, 5.74) is 2.14. The smallest absolute Gasteiger partial charge is 0.130 e. The highest BCUT2D eigenvalue weighted by atomic mass is 16.5. The number of rotatable bonds is 9. The summed E-state index contributed by atoms with van der Waals surface area (Å²) < 4.78 is 11.6. The van der Waals surface area contributed by atoms with Gasteiger partial charge in [0.05, 0.1) is 18.0 Å². The van der Waals surface area contributed by atoms with E-state index in [1.165, 1.54) is 24.8 Å². The Balaban J connectivity index is 1.32. The Morgan fingerprint density at radius 1 is 1.03 bits per heavy atom. The van der Waals surface area contributed by atoms with E-state index in [1.54, 1.807) is 12.5 Å². The topological polar surface area (TPSA) is 50.5 Å². The third kappa shape index (κ3) is 5.68.